The van der Waals surface area contributed by atoms with Crippen LogP contribution in [0.5, 0.6) is 0 Å². The molecule has 0 atom stereocenters. The predicted molar refractivity (Wildman–Crippen MR) is 115 cm³/mol. The third kappa shape index (κ3) is 7.47. The lowest BCUT2D eigenvalue weighted by atomic mass is 10.0. The van der Waals surface area contributed by atoms with Gasteiger partial charge in [0.25, 0.3) is 0 Å². The highest BCUT2D eigenvalue weighted by atomic mass is 19.1. The fourth-order valence-electron chi connectivity index (χ4n) is 2.37. The molecule has 6 heteroatoms. The van der Waals surface area contributed by atoms with Gasteiger partial charge in [-0.15, -0.1) is 0 Å². The van der Waals surface area contributed by atoms with Gasteiger partial charge in [0.1, 0.15) is 5.67 Å². The van der Waals surface area contributed by atoms with E-state index in [1.807, 2.05) is 45.9 Å². The quantitative estimate of drug-likeness (QED) is 0.662. The molecule has 0 saturated heterocycles. The first kappa shape index (κ1) is 23.3. The van der Waals surface area contributed by atoms with Gasteiger partial charge in [0.15, 0.2) is 0 Å². The van der Waals surface area contributed by atoms with Crippen LogP contribution < -0.4 is 10.6 Å². The number of aryl methyl sites for hydroxylation is 1. The molecular formula is C22H31FN4O. The van der Waals surface area contributed by atoms with Gasteiger partial charge >= 0.3 is 6.03 Å². The summed E-state index contributed by atoms with van der Waals surface area (Å²) in [5.41, 5.74) is 3.64. The molecule has 0 aliphatic rings. The van der Waals surface area contributed by atoms with Crippen molar-refractivity contribution in [2.45, 2.75) is 53.6 Å². The highest BCUT2D eigenvalue weighted by molar-refractivity contribution is 5.90. The Labute approximate surface area is 167 Å². The smallest absolute Gasteiger partial charge is 0.319 e. The number of alkyl halides is 1. The van der Waals surface area contributed by atoms with Crippen LogP contribution in [0.2, 0.25) is 0 Å². The molecule has 0 unspecified atom stereocenters. The average molecular weight is 387 g/mol. The van der Waals surface area contributed by atoms with Crippen molar-refractivity contribution in [2.75, 3.05) is 11.9 Å². The summed E-state index contributed by atoms with van der Waals surface area (Å²) in [7, 11) is 0. The Morgan fingerprint density at radius 1 is 1.25 bits per heavy atom. The van der Waals surface area contributed by atoms with Crippen molar-refractivity contribution in [3.05, 3.63) is 48.6 Å². The van der Waals surface area contributed by atoms with E-state index in [1.54, 1.807) is 12.4 Å². The zero-order valence-electron chi connectivity index (χ0n) is 17.7. The average Bonchev–Trinajstić information content (AvgIpc) is 2.64. The number of anilines is 1. The molecule has 5 nitrogen and oxygen atoms in total. The molecule has 0 aliphatic heterocycles. The van der Waals surface area contributed by atoms with Crippen molar-refractivity contribution in [1.82, 2.24) is 15.3 Å². The molecule has 2 heterocycles. The number of nitrogens with one attached hydrogen (secondary N) is 2. The number of pyridine rings is 2. The van der Waals surface area contributed by atoms with E-state index in [0.717, 1.165) is 28.1 Å². The molecule has 0 bridgehead atoms. The van der Waals surface area contributed by atoms with Gasteiger partial charge in [0.2, 0.25) is 0 Å². The predicted octanol–water partition coefficient (Wildman–Crippen LogP) is 5.77. The van der Waals surface area contributed by atoms with Crippen LogP contribution in [0, 0.1) is 6.92 Å². The monoisotopic (exact) mass is 386 g/mol. The largest absolute Gasteiger partial charge is 0.338 e. The summed E-state index contributed by atoms with van der Waals surface area (Å²) in [5.74, 6) is 0. The lowest BCUT2D eigenvalue weighted by molar-refractivity contribution is 0.200. The van der Waals surface area contributed by atoms with E-state index in [9.17, 15) is 9.18 Å². The van der Waals surface area contributed by atoms with Crippen LogP contribution in [0.25, 0.3) is 16.7 Å². The first-order valence-electron chi connectivity index (χ1n) is 9.48. The van der Waals surface area contributed by atoms with Gasteiger partial charge in [-0.1, -0.05) is 20.4 Å². The summed E-state index contributed by atoms with van der Waals surface area (Å²) >= 11 is 0. The fourth-order valence-corrected chi connectivity index (χ4v) is 2.37. The summed E-state index contributed by atoms with van der Waals surface area (Å²) in [4.78, 5) is 20.6. The molecule has 0 aliphatic carbocycles. The number of hydrogen-bond acceptors (Lipinski definition) is 3. The van der Waals surface area contributed by atoms with Gasteiger partial charge in [-0.05, 0) is 63.5 Å². The summed E-state index contributed by atoms with van der Waals surface area (Å²) in [6.07, 6.45) is 3.57. The molecule has 2 N–H and O–H groups in total. The van der Waals surface area contributed by atoms with Crippen LogP contribution >= 0.6 is 0 Å². The Morgan fingerprint density at radius 3 is 2.54 bits per heavy atom. The van der Waals surface area contributed by atoms with Gasteiger partial charge in [-0.2, -0.15) is 0 Å². The molecule has 2 amide bonds. The van der Waals surface area contributed by atoms with Crippen molar-refractivity contribution in [1.29, 1.82) is 0 Å². The first-order valence-corrected chi connectivity index (χ1v) is 9.48. The van der Waals surface area contributed by atoms with Crippen LogP contribution in [-0.2, 0) is 0 Å². The number of allylic oxidation sites excluding steroid dienone is 1. The molecule has 2 aromatic heterocycles. The third-order valence-electron chi connectivity index (χ3n) is 3.86. The third-order valence-corrected chi connectivity index (χ3v) is 3.86. The van der Waals surface area contributed by atoms with Gasteiger partial charge < -0.3 is 10.6 Å². The maximum absolute atomic E-state index is 13.4. The minimum Gasteiger partial charge on any atom is -0.338 e. The van der Waals surface area contributed by atoms with Crippen LogP contribution in [0.4, 0.5) is 14.9 Å². The minimum absolute atomic E-state index is 0.249. The maximum atomic E-state index is 13.4. The number of urea groups is 1. The van der Waals surface area contributed by atoms with E-state index >= 15 is 0 Å². The van der Waals surface area contributed by atoms with E-state index in [4.69, 9.17) is 0 Å². The molecular weight excluding hydrogens is 355 g/mol. The normalized spacial score (nSPS) is 10.5. The van der Waals surface area contributed by atoms with Crippen molar-refractivity contribution in [2.24, 2.45) is 0 Å². The molecule has 152 valence electrons. The van der Waals surface area contributed by atoms with Crippen LogP contribution in [0.3, 0.4) is 0 Å². The molecule has 0 saturated carbocycles. The molecule has 28 heavy (non-hydrogen) atoms. The number of carbonyl (C=O) groups is 1. The number of halogens is 1. The van der Waals surface area contributed by atoms with Gasteiger partial charge in [-0.25, -0.2) is 9.18 Å². The lowest BCUT2D eigenvalue weighted by Gasteiger charge is -2.15. The highest BCUT2D eigenvalue weighted by Crippen LogP contribution is 2.26. The van der Waals surface area contributed by atoms with E-state index in [0.29, 0.717) is 5.69 Å². The second-order valence-corrected chi connectivity index (χ2v) is 6.92. The molecule has 0 aromatic carbocycles. The van der Waals surface area contributed by atoms with E-state index in [2.05, 4.69) is 27.2 Å². The molecule has 0 spiro atoms. The number of carbonyl (C=O) groups excluding carboxylic acids is 1. The van der Waals surface area contributed by atoms with Gasteiger partial charge in [0, 0.05) is 24.0 Å². The Kier molecular flexibility index (Phi) is 8.76. The van der Waals surface area contributed by atoms with E-state index in [1.165, 1.54) is 13.8 Å². The van der Waals surface area contributed by atoms with Crippen LogP contribution in [0.1, 0.15) is 52.4 Å². The SMILES string of the molecule is C=C(C)c1cc(-c2cc(NC(=O)NCCC(C)(C)F)cnc2C)ccn1.CC. The molecule has 0 radical (unpaired) electrons. The van der Waals surface area contributed by atoms with Crippen LogP contribution in [-0.4, -0.2) is 28.2 Å². The number of amides is 2. The van der Waals surface area contributed by atoms with Crippen molar-refractivity contribution in [3.8, 4) is 11.1 Å². The second kappa shape index (κ2) is 10.5. The van der Waals surface area contributed by atoms with Crippen molar-refractivity contribution in [3.63, 3.8) is 0 Å². The van der Waals surface area contributed by atoms with Gasteiger partial charge in [-0.3, -0.25) is 9.97 Å². The lowest BCUT2D eigenvalue weighted by Crippen LogP contribution is -2.32. The number of rotatable bonds is 6. The summed E-state index contributed by atoms with van der Waals surface area (Å²) in [6.45, 7) is 14.9. The van der Waals surface area contributed by atoms with Crippen LogP contribution in [0.15, 0.2) is 37.2 Å². The van der Waals surface area contributed by atoms with E-state index in [-0.39, 0.29) is 19.0 Å². The summed E-state index contributed by atoms with van der Waals surface area (Å²) < 4.78 is 13.4. The zero-order valence-corrected chi connectivity index (χ0v) is 17.7. The Hall–Kier alpha value is -2.76. The Bertz CT molecular complexity index is 812. The molecule has 2 rings (SSSR count). The number of nitrogens with zero attached hydrogens (tertiary/aromatic N) is 2. The first-order chi connectivity index (χ1) is 13.2. The van der Waals surface area contributed by atoms with Gasteiger partial charge in [0.05, 0.1) is 17.6 Å². The topological polar surface area (TPSA) is 66.9 Å². The summed E-state index contributed by atoms with van der Waals surface area (Å²) in [5, 5.41) is 5.38. The standard InChI is InChI=1S/C20H25FN4O.C2H6/c1-13(2)18-10-15(6-8-22-18)17-11-16(12-24-14(17)3)25-19(26)23-9-7-20(4,5)21;1-2/h6,8,10-12H,1,7,9H2,2-5H3,(H2,23,25,26);1-2H3. The van der Waals surface area contributed by atoms with Crippen molar-refractivity contribution < 1.29 is 9.18 Å². The Morgan fingerprint density at radius 2 is 1.93 bits per heavy atom. The number of aromatic nitrogens is 2. The second-order valence-electron chi connectivity index (χ2n) is 6.92. The summed E-state index contributed by atoms with van der Waals surface area (Å²) in [6, 6.07) is 5.31. The minimum atomic E-state index is -1.31. The maximum Gasteiger partial charge on any atom is 0.319 e. The highest BCUT2D eigenvalue weighted by Gasteiger charge is 2.15. The molecule has 0 fully saturated rings. The Balaban J connectivity index is 0.00000190. The van der Waals surface area contributed by atoms with Crippen molar-refractivity contribution >= 4 is 17.3 Å². The van der Waals surface area contributed by atoms with E-state index < -0.39 is 5.67 Å². The number of hydrogen-bond donors (Lipinski definition) is 2. The zero-order chi connectivity index (χ0) is 21.3. The molecule has 2 aromatic rings. The fraction of sp³-hybridized carbons (Fsp3) is 0.409.